The van der Waals surface area contributed by atoms with E-state index in [1.807, 2.05) is 18.2 Å². The molecule has 0 bridgehead atoms. The van der Waals surface area contributed by atoms with Gasteiger partial charge in [0.05, 0.1) is 18.3 Å². The Morgan fingerprint density at radius 1 is 1.33 bits per heavy atom. The van der Waals surface area contributed by atoms with Crippen LogP contribution in [0.25, 0.3) is 0 Å². The summed E-state index contributed by atoms with van der Waals surface area (Å²) in [7, 11) is 1.71. The van der Waals surface area contributed by atoms with Gasteiger partial charge in [0.1, 0.15) is 0 Å². The molecule has 4 rings (SSSR count). The van der Waals surface area contributed by atoms with Gasteiger partial charge in [0.25, 0.3) is 5.91 Å². The van der Waals surface area contributed by atoms with Crippen LogP contribution >= 0.6 is 0 Å². The van der Waals surface area contributed by atoms with E-state index in [-0.39, 0.29) is 24.0 Å². The molecule has 1 saturated carbocycles. The molecule has 2 heterocycles. The first kappa shape index (κ1) is 15.9. The predicted molar refractivity (Wildman–Crippen MR) is 92.4 cm³/mol. The van der Waals surface area contributed by atoms with E-state index >= 15 is 0 Å². The van der Waals surface area contributed by atoms with Gasteiger partial charge in [-0.2, -0.15) is 0 Å². The molecule has 3 fully saturated rings. The zero-order chi connectivity index (χ0) is 16.5. The summed E-state index contributed by atoms with van der Waals surface area (Å²) in [5.41, 5.74) is 1.85. The van der Waals surface area contributed by atoms with Crippen LogP contribution in [0, 0.1) is 11.8 Å². The maximum Gasteiger partial charge on any atom is 0.253 e. The molecule has 1 aromatic carbocycles. The summed E-state index contributed by atoms with van der Waals surface area (Å²) in [5.74, 6) is 0.743. The second-order valence-electron chi connectivity index (χ2n) is 7.12. The molecule has 1 amide bonds. The van der Waals surface area contributed by atoms with E-state index in [4.69, 9.17) is 9.47 Å². The average molecular weight is 330 g/mol. The zero-order valence-corrected chi connectivity index (χ0v) is 14.2. The van der Waals surface area contributed by atoms with Crippen LogP contribution in [0.2, 0.25) is 0 Å². The number of methoxy groups -OCH3 is 1. The SMILES string of the molecule is COC[C@H]1[C@@H](NC(=O)c2ccccc2N2CCCC2)[C@H]2CCO[C@H]21. The summed E-state index contributed by atoms with van der Waals surface area (Å²) in [6.45, 7) is 3.52. The van der Waals surface area contributed by atoms with Crippen molar-refractivity contribution < 1.29 is 14.3 Å². The van der Waals surface area contributed by atoms with Crippen molar-refractivity contribution >= 4 is 11.6 Å². The minimum absolute atomic E-state index is 0.0361. The molecule has 0 radical (unpaired) electrons. The predicted octanol–water partition coefficient (Wildman–Crippen LogP) is 2.07. The Morgan fingerprint density at radius 2 is 2.12 bits per heavy atom. The molecular weight excluding hydrogens is 304 g/mol. The van der Waals surface area contributed by atoms with Crippen molar-refractivity contribution in [2.75, 3.05) is 38.3 Å². The summed E-state index contributed by atoms with van der Waals surface area (Å²) in [5, 5.41) is 3.28. The summed E-state index contributed by atoms with van der Waals surface area (Å²) >= 11 is 0. The second kappa shape index (κ2) is 6.73. The first-order valence-corrected chi connectivity index (χ1v) is 9.05. The lowest BCUT2D eigenvalue weighted by atomic mass is 9.67. The molecule has 130 valence electrons. The monoisotopic (exact) mass is 330 g/mol. The van der Waals surface area contributed by atoms with E-state index in [0.29, 0.717) is 12.5 Å². The van der Waals surface area contributed by atoms with Crippen LogP contribution in [0.1, 0.15) is 29.6 Å². The van der Waals surface area contributed by atoms with Crippen molar-refractivity contribution in [1.82, 2.24) is 5.32 Å². The third kappa shape index (κ3) is 2.70. The van der Waals surface area contributed by atoms with Crippen molar-refractivity contribution in [3.8, 4) is 0 Å². The minimum atomic E-state index is 0.0361. The maximum atomic E-state index is 12.9. The number of ether oxygens (including phenoxy) is 2. The van der Waals surface area contributed by atoms with Crippen molar-refractivity contribution in [2.24, 2.45) is 11.8 Å². The van der Waals surface area contributed by atoms with E-state index in [9.17, 15) is 4.79 Å². The van der Waals surface area contributed by atoms with E-state index in [0.717, 1.165) is 37.4 Å². The van der Waals surface area contributed by atoms with Gasteiger partial charge in [-0.05, 0) is 31.4 Å². The number of carbonyl (C=O) groups excluding carboxylic acids is 1. The van der Waals surface area contributed by atoms with E-state index in [1.165, 1.54) is 12.8 Å². The number of benzene rings is 1. The fraction of sp³-hybridized carbons (Fsp3) is 0.632. The van der Waals surface area contributed by atoms with Gasteiger partial charge in [-0.3, -0.25) is 4.79 Å². The molecule has 24 heavy (non-hydrogen) atoms. The van der Waals surface area contributed by atoms with Crippen LogP contribution in [-0.4, -0.2) is 51.5 Å². The normalized spacial score (nSPS) is 31.6. The highest BCUT2D eigenvalue weighted by molar-refractivity contribution is 6.00. The molecule has 1 N–H and O–H groups in total. The number of amides is 1. The Hall–Kier alpha value is -1.59. The fourth-order valence-corrected chi connectivity index (χ4v) is 4.56. The molecule has 2 aliphatic heterocycles. The van der Waals surface area contributed by atoms with Gasteiger partial charge < -0.3 is 19.7 Å². The third-order valence-corrected chi connectivity index (χ3v) is 5.78. The van der Waals surface area contributed by atoms with Crippen LogP contribution in [-0.2, 0) is 9.47 Å². The van der Waals surface area contributed by atoms with Crippen LogP contribution in [0.15, 0.2) is 24.3 Å². The summed E-state index contributed by atoms with van der Waals surface area (Å²) in [6, 6.07) is 8.13. The number of nitrogens with one attached hydrogen (secondary N) is 1. The number of carbonyl (C=O) groups is 1. The molecule has 5 nitrogen and oxygen atoms in total. The lowest BCUT2D eigenvalue weighted by molar-refractivity contribution is -0.0809. The van der Waals surface area contributed by atoms with Crippen LogP contribution in [0.5, 0.6) is 0 Å². The topological polar surface area (TPSA) is 50.8 Å². The highest BCUT2D eigenvalue weighted by Gasteiger charge is 2.54. The number of fused-ring (bicyclic) bond motifs is 1. The highest BCUT2D eigenvalue weighted by atomic mass is 16.5. The number of rotatable bonds is 5. The summed E-state index contributed by atoms with van der Waals surface area (Å²) in [4.78, 5) is 15.3. The quantitative estimate of drug-likeness (QED) is 0.898. The van der Waals surface area contributed by atoms with E-state index in [1.54, 1.807) is 7.11 Å². The Balaban J connectivity index is 1.50. The molecule has 0 spiro atoms. The van der Waals surface area contributed by atoms with E-state index in [2.05, 4.69) is 16.3 Å². The molecule has 2 saturated heterocycles. The Labute approximate surface area is 143 Å². The minimum Gasteiger partial charge on any atom is -0.384 e. The fourth-order valence-electron chi connectivity index (χ4n) is 4.56. The zero-order valence-electron chi connectivity index (χ0n) is 14.2. The first-order chi connectivity index (χ1) is 11.8. The van der Waals surface area contributed by atoms with Gasteiger partial charge in [0, 0.05) is 50.4 Å². The van der Waals surface area contributed by atoms with Gasteiger partial charge in [-0.1, -0.05) is 12.1 Å². The number of para-hydroxylation sites is 1. The number of hydrogen-bond donors (Lipinski definition) is 1. The number of nitrogens with zero attached hydrogens (tertiary/aromatic N) is 1. The largest absolute Gasteiger partial charge is 0.384 e. The molecule has 5 heteroatoms. The Kier molecular flexibility index (Phi) is 4.46. The molecule has 0 aromatic heterocycles. The standard InChI is InChI=1S/C19H26N2O3/c1-23-12-15-17(14-8-11-24-18(14)15)20-19(22)13-6-2-3-7-16(13)21-9-4-5-10-21/h2-3,6-7,14-15,17-18H,4-5,8-12H2,1H3,(H,20,22)/t14-,15+,17+,18-/m1/s1. The van der Waals surface area contributed by atoms with Crippen molar-refractivity contribution in [3.05, 3.63) is 29.8 Å². The molecule has 3 aliphatic rings. The van der Waals surface area contributed by atoms with Crippen molar-refractivity contribution in [1.29, 1.82) is 0 Å². The van der Waals surface area contributed by atoms with Gasteiger partial charge in [-0.25, -0.2) is 0 Å². The lowest BCUT2D eigenvalue weighted by Gasteiger charge is -2.47. The summed E-state index contributed by atoms with van der Waals surface area (Å²) < 4.78 is 11.1. The van der Waals surface area contributed by atoms with Gasteiger partial charge in [-0.15, -0.1) is 0 Å². The highest BCUT2D eigenvalue weighted by Crippen LogP contribution is 2.44. The van der Waals surface area contributed by atoms with Gasteiger partial charge in [0.2, 0.25) is 0 Å². The maximum absolute atomic E-state index is 12.9. The molecule has 1 aliphatic carbocycles. The smallest absolute Gasteiger partial charge is 0.253 e. The second-order valence-corrected chi connectivity index (χ2v) is 7.12. The average Bonchev–Trinajstić information content (AvgIpc) is 3.27. The Bertz CT molecular complexity index is 600. The molecular formula is C19H26N2O3. The van der Waals surface area contributed by atoms with Gasteiger partial charge in [0.15, 0.2) is 0 Å². The first-order valence-electron chi connectivity index (χ1n) is 9.05. The van der Waals surface area contributed by atoms with E-state index < -0.39 is 0 Å². The third-order valence-electron chi connectivity index (χ3n) is 5.78. The molecule has 4 atom stereocenters. The van der Waals surface area contributed by atoms with Crippen LogP contribution < -0.4 is 10.2 Å². The molecule has 1 aromatic rings. The Morgan fingerprint density at radius 3 is 2.92 bits per heavy atom. The number of anilines is 1. The van der Waals surface area contributed by atoms with Crippen molar-refractivity contribution in [3.63, 3.8) is 0 Å². The van der Waals surface area contributed by atoms with Crippen LogP contribution in [0.4, 0.5) is 5.69 Å². The van der Waals surface area contributed by atoms with Crippen molar-refractivity contribution in [2.45, 2.75) is 31.4 Å². The molecule has 0 unspecified atom stereocenters. The number of hydrogen-bond acceptors (Lipinski definition) is 4. The lowest BCUT2D eigenvalue weighted by Crippen LogP contribution is -2.62. The van der Waals surface area contributed by atoms with Crippen LogP contribution in [0.3, 0.4) is 0 Å². The van der Waals surface area contributed by atoms with Gasteiger partial charge >= 0.3 is 0 Å². The summed E-state index contributed by atoms with van der Waals surface area (Å²) in [6.07, 6.45) is 3.69.